The highest BCUT2D eigenvalue weighted by molar-refractivity contribution is 5.97. The summed E-state index contributed by atoms with van der Waals surface area (Å²) in [7, 11) is 0. The first kappa shape index (κ1) is 17.8. The number of carbonyl (C=O) groups excluding carboxylic acids is 3. The molecule has 1 fully saturated rings. The molecule has 1 atom stereocenters. The Bertz CT molecular complexity index is 898. The predicted octanol–water partition coefficient (Wildman–Crippen LogP) is 1.79. The smallest absolute Gasteiger partial charge is 0.417 e. The lowest BCUT2D eigenvalue weighted by Crippen LogP contribution is -2.40. The minimum absolute atomic E-state index is 0.00849. The Morgan fingerprint density at radius 3 is 2.57 bits per heavy atom. The molecule has 8 heteroatoms. The Labute approximate surface area is 161 Å². The van der Waals surface area contributed by atoms with Crippen molar-refractivity contribution in [3.8, 4) is 11.5 Å². The van der Waals surface area contributed by atoms with Crippen LogP contribution in [0, 0.1) is 0 Å². The predicted molar refractivity (Wildman–Crippen MR) is 96.7 cm³/mol. The van der Waals surface area contributed by atoms with Crippen LogP contribution in [0.15, 0.2) is 48.5 Å². The maximum atomic E-state index is 12.6. The number of imide groups is 1. The summed E-state index contributed by atoms with van der Waals surface area (Å²) in [5.41, 5.74) is 1.55. The van der Waals surface area contributed by atoms with Crippen molar-refractivity contribution in [3.63, 3.8) is 0 Å². The van der Waals surface area contributed by atoms with E-state index in [1.165, 1.54) is 0 Å². The minimum atomic E-state index is -0.698. The number of rotatable bonds is 6. The van der Waals surface area contributed by atoms with Gasteiger partial charge in [-0.3, -0.25) is 9.59 Å². The van der Waals surface area contributed by atoms with Crippen molar-refractivity contribution in [1.82, 2.24) is 10.2 Å². The van der Waals surface area contributed by atoms with Crippen molar-refractivity contribution < 1.29 is 28.6 Å². The van der Waals surface area contributed by atoms with Crippen LogP contribution in [-0.4, -0.2) is 42.8 Å². The highest BCUT2D eigenvalue weighted by atomic mass is 16.7. The van der Waals surface area contributed by atoms with Crippen LogP contribution < -0.4 is 14.8 Å². The van der Waals surface area contributed by atoms with Crippen LogP contribution in [0.1, 0.15) is 17.2 Å². The summed E-state index contributed by atoms with van der Waals surface area (Å²) in [6.45, 7) is -0.0962. The van der Waals surface area contributed by atoms with Crippen molar-refractivity contribution in [3.05, 3.63) is 59.7 Å². The number of ether oxygens (including phenoxy) is 3. The van der Waals surface area contributed by atoms with Gasteiger partial charge in [-0.05, 0) is 23.3 Å². The molecule has 0 bridgehead atoms. The molecular weight excluding hydrogens is 364 g/mol. The summed E-state index contributed by atoms with van der Waals surface area (Å²) in [6.07, 6.45) is -0.575. The molecular formula is C20H18N2O6. The number of nitrogens with one attached hydrogen (secondary N) is 1. The molecule has 0 spiro atoms. The SMILES string of the molecule is O=C(Cc1ccc2c(c1)OCO2)NC(CN1C(=O)COC1=O)c1ccccc1. The molecule has 2 heterocycles. The molecule has 1 saturated heterocycles. The van der Waals surface area contributed by atoms with Crippen molar-refractivity contribution >= 4 is 17.9 Å². The number of amides is 3. The summed E-state index contributed by atoms with van der Waals surface area (Å²) in [5, 5.41) is 2.90. The number of benzene rings is 2. The molecule has 2 aliphatic rings. The lowest BCUT2D eigenvalue weighted by atomic mass is 10.1. The average molecular weight is 382 g/mol. The molecule has 8 nitrogen and oxygen atoms in total. The van der Waals surface area contributed by atoms with E-state index in [-0.39, 0.29) is 32.3 Å². The van der Waals surface area contributed by atoms with Crippen LogP contribution in [0.3, 0.4) is 0 Å². The Hall–Kier alpha value is -3.55. The van der Waals surface area contributed by atoms with E-state index in [1.807, 2.05) is 30.3 Å². The van der Waals surface area contributed by atoms with Gasteiger partial charge >= 0.3 is 6.09 Å². The van der Waals surface area contributed by atoms with Gasteiger partial charge in [0.2, 0.25) is 12.7 Å². The van der Waals surface area contributed by atoms with Crippen molar-refractivity contribution in [2.45, 2.75) is 12.5 Å². The standard InChI is InChI=1S/C20H18N2O6/c23-18(9-13-6-7-16-17(8-13)28-12-27-16)21-15(14-4-2-1-3-5-14)10-22-19(24)11-26-20(22)25/h1-8,15H,9-12H2,(H,21,23). The van der Waals surface area contributed by atoms with Crippen LogP contribution in [0.4, 0.5) is 4.79 Å². The number of hydrogen-bond acceptors (Lipinski definition) is 6. The first-order valence-corrected chi connectivity index (χ1v) is 8.80. The second-order valence-electron chi connectivity index (χ2n) is 6.45. The lowest BCUT2D eigenvalue weighted by molar-refractivity contribution is -0.127. The Balaban J connectivity index is 1.48. The lowest BCUT2D eigenvalue weighted by Gasteiger charge is -2.23. The first-order valence-electron chi connectivity index (χ1n) is 8.80. The van der Waals surface area contributed by atoms with E-state index in [2.05, 4.69) is 5.32 Å². The van der Waals surface area contributed by atoms with Crippen molar-refractivity contribution in [2.24, 2.45) is 0 Å². The van der Waals surface area contributed by atoms with E-state index in [0.29, 0.717) is 11.5 Å². The van der Waals surface area contributed by atoms with Crippen LogP contribution in [-0.2, 0) is 20.7 Å². The molecule has 0 radical (unpaired) electrons. The largest absolute Gasteiger partial charge is 0.454 e. The van der Waals surface area contributed by atoms with Gasteiger partial charge in [0.1, 0.15) is 0 Å². The molecule has 3 amide bonds. The molecule has 2 aromatic rings. The van der Waals surface area contributed by atoms with Gasteiger partial charge in [-0.2, -0.15) is 0 Å². The maximum absolute atomic E-state index is 12.6. The third-order valence-corrected chi connectivity index (χ3v) is 4.54. The summed E-state index contributed by atoms with van der Waals surface area (Å²) in [5.74, 6) is 0.594. The van der Waals surface area contributed by atoms with E-state index >= 15 is 0 Å². The molecule has 0 saturated carbocycles. The van der Waals surface area contributed by atoms with Gasteiger partial charge in [-0.1, -0.05) is 36.4 Å². The van der Waals surface area contributed by atoms with Gasteiger partial charge in [0.15, 0.2) is 18.1 Å². The number of hydrogen-bond donors (Lipinski definition) is 1. The Morgan fingerprint density at radius 2 is 1.82 bits per heavy atom. The third-order valence-electron chi connectivity index (χ3n) is 4.54. The number of nitrogens with zero attached hydrogens (tertiary/aromatic N) is 1. The van der Waals surface area contributed by atoms with E-state index < -0.39 is 18.0 Å². The fourth-order valence-corrected chi connectivity index (χ4v) is 3.14. The molecule has 2 aromatic carbocycles. The monoisotopic (exact) mass is 382 g/mol. The summed E-state index contributed by atoms with van der Waals surface area (Å²) >= 11 is 0. The topological polar surface area (TPSA) is 94.2 Å². The molecule has 4 rings (SSSR count). The van der Waals surface area contributed by atoms with Gasteiger partial charge in [-0.25, -0.2) is 9.69 Å². The van der Waals surface area contributed by atoms with Gasteiger partial charge in [-0.15, -0.1) is 0 Å². The Kier molecular flexibility index (Phi) is 4.84. The molecule has 1 N–H and O–H groups in total. The van der Waals surface area contributed by atoms with E-state index in [9.17, 15) is 14.4 Å². The maximum Gasteiger partial charge on any atom is 0.417 e. The summed E-state index contributed by atoms with van der Waals surface area (Å²) in [4.78, 5) is 37.3. The third kappa shape index (κ3) is 3.75. The highest BCUT2D eigenvalue weighted by Crippen LogP contribution is 2.32. The van der Waals surface area contributed by atoms with Gasteiger partial charge in [0.05, 0.1) is 19.0 Å². The van der Waals surface area contributed by atoms with Gasteiger partial charge in [0, 0.05) is 0 Å². The van der Waals surface area contributed by atoms with E-state index in [4.69, 9.17) is 14.2 Å². The van der Waals surface area contributed by atoms with E-state index in [0.717, 1.165) is 16.0 Å². The second-order valence-corrected chi connectivity index (χ2v) is 6.45. The summed E-state index contributed by atoms with van der Waals surface area (Å²) < 4.78 is 15.4. The normalized spacial score (nSPS) is 16.1. The zero-order valence-electron chi connectivity index (χ0n) is 14.9. The highest BCUT2D eigenvalue weighted by Gasteiger charge is 2.33. The minimum Gasteiger partial charge on any atom is -0.454 e. The average Bonchev–Trinajstić information content (AvgIpc) is 3.29. The molecule has 2 aliphatic heterocycles. The van der Waals surface area contributed by atoms with E-state index in [1.54, 1.807) is 18.2 Å². The van der Waals surface area contributed by atoms with Crippen LogP contribution in [0.5, 0.6) is 11.5 Å². The quantitative estimate of drug-likeness (QED) is 0.819. The van der Waals surface area contributed by atoms with Crippen molar-refractivity contribution in [1.29, 1.82) is 0 Å². The van der Waals surface area contributed by atoms with Gasteiger partial charge < -0.3 is 19.5 Å². The zero-order valence-corrected chi connectivity index (χ0v) is 14.9. The fraction of sp³-hybridized carbons (Fsp3) is 0.250. The van der Waals surface area contributed by atoms with Crippen molar-refractivity contribution in [2.75, 3.05) is 19.9 Å². The molecule has 144 valence electrons. The Morgan fingerprint density at radius 1 is 1.04 bits per heavy atom. The number of cyclic esters (lactones) is 1. The fourth-order valence-electron chi connectivity index (χ4n) is 3.14. The molecule has 0 aliphatic carbocycles. The molecule has 28 heavy (non-hydrogen) atoms. The number of fused-ring (bicyclic) bond motifs is 1. The second kappa shape index (κ2) is 7.59. The van der Waals surface area contributed by atoms with Gasteiger partial charge in [0.25, 0.3) is 5.91 Å². The summed E-state index contributed by atoms with van der Waals surface area (Å²) in [6, 6.07) is 14.0. The van der Waals surface area contributed by atoms with Crippen LogP contribution in [0.25, 0.3) is 0 Å². The molecule has 1 unspecified atom stereocenters. The molecule has 0 aromatic heterocycles. The zero-order chi connectivity index (χ0) is 19.5. The van der Waals surface area contributed by atoms with Crippen LogP contribution in [0.2, 0.25) is 0 Å². The van der Waals surface area contributed by atoms with Crippen LogP contribution >= 0.6 is 0 Å². The first-order chi connectivity index (χ1) is 13.6. The number of carbonyl (C=O) groups is 3.